The molecule has 8 heteroatoms. The van der Waals surface area contributed by atoms with Crippen molar-refractivity contribution in [1.29, 1.82) is 0 Å². The summed E-state index contributed by atoms with van der Waals surface area (Å²) in [6, 6.07) is 18.0. The van der Waals surface area contributed by atoms with E-state index in [2.05, 4.69) is 10.0 Å². The third-order valence-electron chi connectivity index (χ3n) is 4.11. The van der Waals surface area contributed by atoms with Gasteiger partial charge in [-0.3, -0.25) is 9.52 Å². The molecule has 3 rings (SSSR count). The van der Waals surface area contributed by atoms with Gasteiger partial charge in [-0.2, -0.15) is 0 Å². The maximum atomic E-state index is 12.4. The van der Waals surface area contributed by atoms with Crippen molar-refractivity contribution >= 4 is 56.6 Å². The van der Waals surface area contributed by atoms with Crippen molar-refractivity contribution in [3.8, 4) is 0 Å². The number of hydrogen-bond acceptors (Lipinski definition) is 3. The number of benzene rings is 3. The van der Waals surface area contributed by atoms with Crippen molar-refractivity contribution in [3.05, 3.63) is 94.0 Å². The van der Waals surface area contributed by atoms with Crippen LogP contribution in [0.3, 0.4) is 0 Å². The molecule has 0 aromatic heterocycles. The number of hydrogen-bond donors (Lipinski definition) is 2. The molecule has 0 saturated carbocycles. The van der Waals surface area contributed by atoms with E-state index in [1.165, 1.54) is 6.08 Å². The number of rotatable bonds is 6. The van der Waals surface area contributed by atoms with Gasteiger partial charge < -0.3 is 5.32 Å². The Bertz CT molecular complexity index is 1190. The molecule has 3 aromatic carbocycles. The van der Waals surface area contributed by atoms with Crippen LogP contribution in [0.4, 0.5) is 11.4 Å². The van der Waals surface area contributed by atoms with E-state index in [-0.39, 0.29) is 10.8 Å². The number of carbonyl (C=O) groups excluding carboxylic acids is 1. The number of nitrogens with one attached hydrogen (secondary N) is 2. The van der Waals surface area contributed by atoms with Gasteiger partial charge in [-0.25, -0.2) is 8.42 Å². The molecular weight excluding hydrogens is 443 g/mol. The SMILES string of the molecule is Cc1ccc(S(=O)(=O)Nc2ccc(NC(=O)/C=C/c3ccc(Cl)c(Cl)c3)cc2)cc1. The molecule has 0 radical (unpaired) electrons. The first kappa shape index (κ1) is 21.9. The summed E-state index contributed by atoms with van der Waals surface area (Å²) in [6.45, 7) is 1.89. The van der Waals surface area contributed by atoms with Crippen LogP contribution in [0, 0.1) is 6.92 Å². The van der Waals surface area contributed by atoms with E-state index in [0.717, 1.165) is 11.1 Å². The van der Waals surface area contributed by atoms with Crippen LogP contribution in [0.25, 0.3) is 6.08 Å². The van der Waals surface area contributed by atoms with E-state index in [9.17, 15) is 13.2 Å². The minimum Gasteiger partial charge on any atom is -0.323 e. The van der Waals surface area contributed by atoms with E-state index >= 15 is 0 Å². The lowest BCUT2D eigenvalue weighted by atomic mass is 10.2. The van der Waals surface area contributed by atoms with Crippen LogP contribution in [0.1, 0.15) is 11.1 Å². The predicted octanol–water partition coefficient (Wildman–Crippen LogP) is 5.75. The quantitative estimate of drug-likeness (QED) is 0.459. The van der Waals surface area contributed by atoms with Crippen LogP contribution in [-0.4, -0.2) is 14.3 Å². The first-order chi connectivity index (χ1) is 14.2. The number of anilines is 2. The fourth-order valence-electron chi connectivity index (χ4n) is 2.52. The molecule has 0 saturated heterocycles. The standard InChI is InChI=1S/C22H18Cl2N2O3S/c1-15-2-10-19(11-3-15)30(28,29)26-18-8-6-17(7-9-18)25-22(27)13-5-16-4-12-20(23)21(24)14-16/h2-14,26H,1H3,(H,25,27)/b13-5+. The Kier molecular flexibility index (Phi) is 6.82. The van der Waals surface area contributed by atoms with Gasteiger partial charge in [-0.05, 0) is 67.1 Å². The molecule has 0 heterocycles. The van der Waals surface area contributed by atoms with E-state index in [1.54, 1.807) is 72.8 Å². The molecule has 30 heavy (non-hydrogen) atoms. The highest BCUT2D eigenvalue weighted by Gasteiger charge is 2.13. The summed E-state index contributed by atoms with van der Waals surface area (Å²) in [5.41, 5.74) is 2.62. The van der Waals surface area contributed by atoms with Gasteiger partial charge in [-0.15, -0.1) is 0 Å². The zero-order chi connectivity index (χ0) is 21.7. The molecule has 0 bridgehead atoms. The van der Waals surface area contributed by atoms with Crippen LogP contribution >= 0.6 is 23.2 Å². The second kappa shape index (κ2) is 9.34. The van der Waals surface area contributed by atoms with Crippen LogP contribution in [0.2, 0.25) is 10.0 Å². The average Bonchev–Trinajstić information content (AvgIpc) is 2.70. The molecule has 3 aromatic rings. The summed E-state index contributed by atoms with van der Waals surface area (Å²) in [7, 11) is -3.68. The van der Waals surface area contributed by atoms with Crippen molar-refractivity contribution in [2.45, 2.75) is 11.8 Å². The minimum atomic E-state index is -3.68. The van der Waals surface area contributed by atoms with Gasteiger partial charge >= 0.3 is 0 Å². The van der Waals surface area contributed by atoms with Crippen molar-refractivity contribution in [2.75, 3.05) is 10.0 Å². The van der Waals surface area contributed by atoms with E-state index in [1.807, 2.05) is 6.92 Å². The largest absolute Gasteiger partial charge is 0.323 e. The second-order valence-electron chi connectivity index (χ2n) is 6.49. The first-order valence-electron chi connectivity index (χ1n) is 8.87. The zero-order valence-corrected chi connectivity index (χ0v) is 18.2. The average molecular weight is 461 g/mol. The highest BCUT2D eigenvalue weighted by atomic mass is 35.5. The van der Waals surface area contributed by atoms with E-state index in [4.69, 9.17) is 23.2 Å². The molecule has 0 aliphatic carbocycles. The summed E-state index contributed by atoms with van der Waals surface area (Å²) in [6.07, 6.45) is 2.98. The Morgan fingerprint density at radius 1 is 0.867 bits per heavy atom. The van der Waals surface area contributed by atoms with Gasteiger partial charge in [0.25, 0.3) is 10.0 Å². The zero-order valence-electron chi connectivity index (χ0n) is 15.9. The summed E-state index contributed by atoms with van der Waals surface area (Å²) >= 11 is 11.8. The number of sulfonamides is 1. The molecule has 0 spiro atoms. The maximum absolute atomic E-state index is 12.4. The Morgan fingerprint density at radius 3 is 2.13 bits per heavy atom. The topological polar surface area (TPSA) is 75.3 Å². The lowest BCUT2D eigenvalue weighted by Gasteiger charge is -2.09. The number of halogens is 2. The van der Waals surface area contributed by atoms with Gasteiger partial charge in [0, 0.05) is 17.5 Å². The van der Waals surface area contributed by atoms with Crippen molar-refractivity contribution < 1.29 is 13.2 Å². The molecule has 154 valence electrons. The molecular formula is C22H18Cl2N2O3S. The van der Waals surface area contributed by atoms with Crippen molar-refractivity contribution in [3.63, 3.8) is 0 Å². The van der Waals surface area contributed by atoms with Crippen LogP contribution in [-0.2, 0) is 14.8 Å². The van der Waals surface area contributed by atoms with E-state index in [0.29, 0.717) is 21.4 Å². The van der Waals surface area contributed by atoms with Gasteiger partial charge in [-0.1, -0.05) is 47.0 Å². The number of carbonyl (C=O) groups is 1. The Morgan fingerprint density at radius 2 is 1.50 bits per heavy atom. The third kappa shape index (κ3) is 5.86. The van der Waals surface area contributed by atoms with Crippen molar-refractivity contribution in [1.82, 2.24) is 0 Å². The van der Waals surface area contributed by atoms with Crippen LogP contribution in [0.15, 0.2) is 77.7 Å². The molecule has 0 fully saturated rings. The summed E-state index contributed by atoms with van der Waals surface area (Å²) < 4.78 is 27.4. The second-order valence-corrected chi connectivity index (χ2v) is 8.99. The number of aryl methyl sites for hydroxylation is 1. The molecule has 2 N–H and O–H groups in total. The molecule has 0 aliphatic heterocycles. The molecule has 0 atom stereocenters. The van der Waals surface area contributed by atoms with Gasteiger partial charge in [0.2, 0.25) is 5.91 Å². The van der Waals surface area contributed by atoms with Gasteiger partial charge in [0.15, 0.2) is 0 Å². The predicted molar refractivity (Wildman–Crippen MR) is 123 cm³/mol. The monoisotopic (exact) mass is 460 g/mol. The summed E-state index contributed by atoms with van der Waals surface area (Å²) in [5, 5.41) is 3.55. The van der Waals surface area contributed by atoms with Crippen LogP contribution in [0.5, 0.6) is 0 Å². The molecule has 0 aliphatic rings. The Balaban J connectivity index is 1.62. The molecule has 1 amide bonds. The third-order valence-corrected chi connectivity index (χ3v) is 6.24. The minimum absolute atomic E-state index is 0.179. The smallest absolute Gasteiger partial charge is 0.261 e. The number of amides is 1. The highest BCUT2D eigenvalue weighted by Crippen LogP contribution is 2.23. The van der Waals surface area contributed by atoms with Gasteiger partial charge in [0.05, 0.1) is 14.9 Å². The summed E-state index contributed by atoms with van der Waals surface area (Å²) in [4.78, 5) is 12.3. The van der Waals surface area contributed by atoms with Crippen LogP contribution < -0.4 is 10.0 Å². The lowest BCUT2D eigenvalue weighted by molar-refractivity contribution is -0.111. The fourth-order valence-corrected chi connectivity index (χ4v) is 3.89. The Labute approximate surface area is 185 Å². The summed E-state index contributed by atoms with van der Waals surface area (Å²) in [5.74, 6) is -0.339. The van der Waals surface area contributed by atoms with Crippen molar-refractivity contribution in [2.24, 2.45) is 0 Å². The van der Waals surface area contributed by atoms with Gasteiger partial charge in [0.1, 0.15) is 0 Å². The lowest BCUT2D eigenvalue weighted by Crippen LogP contribution is -2.13. The normalized spacial score (nSPS) is 11.4. The fraction of sp³-hybridized carbons (Fsp3) is 0.0455. The first-order valence-corrected chi connectivity index (χ1v) is 11.1. The molecule has 5 nitrogen and oxygen atoms in total. The molecule has 0 unspecified atom stereocenters. The maximum Gasteiger partial charge on any atom is 0.261 e. The van der Waals surface area contributed by atoms with E-state index < -0.39 is 10.0 Å². The Hall–Kier alpha value is -2.80. The highest BCUT2D eigenvalue weighted by molar-refractivity contribution is 7.92.